The van der Waals surface area contributed by atoms with Gasteiger partial charge in [-0.05, 0) is 13.8 Å². The second kappa shape index (κ2) is 2.65. The molecule has 4 nitrogen and oxygen atoms in total. The van der Waals surface area contributed by atoms with Gasteiger partial charge in [-0.15, -0.1) is 0 Å². The van der Waals surface area contributed by atoms with Crippen molar-refractivity contribution in [2.45, 2.75) is 13.8 Å². The van der Waals surface area contributed by atoms with E-state index >= 15 is 0 Å². The summed E-state index contributed by atoms with van der Waals surface area (Å²) in [6, 6.07) is 0. The van der Waals surface area contributed by atoms with Crippen LogP contribution in [-0.2, 0) is 0 Å². The highest BCUT2D eigenvalue weighted by molar-refractivity contribution is 5.88. The highest BCUT2D eigenvalue weighted by Gasteiger charge is 2.03. The number of aromatic nitrogens is 2. The van der Waals surface area contributed by atoms with E-state index in [0.29, 0.717) is 11.4 Å². The molecule has 0 N–H and O–H groups in total. The number of carbonyl (C=O) groups excluding carboxylic acids is 1. The normalized spacial score (nSPS) is 9.64. The predicted octanol–water partition coefficient (Wildman–Crippen LogP) is -0.543. The van der Waals surface area contributed by atoms with Crippen molar-refractivity contribution in [3.63, 3.8) is 0 Å². The van der Waals surface area contributed by atoms with Crippen LogP contribution < -0.4 is 5.11 Å². The molecular formula is C7H7N2O2-. The third-order valence-corrected chi connectivity index (χ3v) is 1.43. The molecule has 0 saturated carbocycles. The number of carboxylic acids is 1. The van der Waals surface area contributed by atoms with E-state index in [1.54, 1.807) is 13.8 Å². The maximum absolute atomic E-state index is 10.5. The molecule has 1 rings (SSSR count). The second-order valence-electron chi connectivity index (χ2n) is 2.21. The average Bonchev–Trinajstić information content (AvgIpc) is 1.85. The van der Waals surface area contributed by atoms with Crippen molar-refractivity contribution < 1.29 is 9.90 Å². The van der Waals surface area contributed by atoms with Crippen molar-refractivity contribution in [2.24, 2.45) is 0 Å². The van der Waals surface area contributed by atoms with E-state index in [1.807, 2.05) is 0 Å². The minimum Gasteiger partial charge on any atom is -0.545 e. The second-order valence-corrected chi connectivity index (χ2v) is 2.21. The predicted molar refractivity (Wildman–Crippen MR) is 35.8 cm³/mol. The average molecular weight is 151 g/mol. The molecule has 0 spiro atoms. The van der Waals surface area contributed by atoms with Gasteiger partial charge in [-0.25, -0.2) is 9.97 Å². The van der Waals surface area contributed by atoms with Crippen LogP contribution in [0.1, 0.15) is 21.7 Å². The zero-order valence-electron chi connectivity index (χ0n) is 6.29. The third kappa shape index (κ3) is 1.34. The largest absolute Gasteiger partial charge is 0.545 e. The van der Waals surface area contributed by atoms with Crippen molar-refractivity contribution in [2.75, 3.05) is 0 Å². The zero-order chi connectivity index (χ0) is 8.43. The molecular weight excluding hydrogens is 144 g/mol. The molecule has 1 aromatic rings. The molecule has 0 aromatic carbocycles. The van der Waals surface area contributed by atoms with Gasteiger partial charge in [0.15, 0.2) is 0 Å². The van der Waals surface area contributed by atoms with Gasteiger partial charge in [-0.2, -0.15) is 0 Å². The van der Waals surface area contributed by atoms with Gasteiger partial charge in [0, 0.05) is 17.0 Å². The molecule has 11 heavy (non-hydrogen) atoms. The molecule has 4 heteroatoms. The first-order chi connectivity index (χ1) is 5.13. The Morgan fingerprint density at radius 3 is 2.09 bits per heavy atom. The van der Waals surface area contributed by atoms with Gasteiger partial charge < -0.3 is 9.90 Å². The minimum absolute atomic E-state index is 0.0903. The molecule has 0 aliphatic rings. The monoisotopic (exact) mass is 151 g/mol. The summed E-state index contributed by atoms with van der Waals surface area (Å²) in [5.74, 6) is -1.22. The Hall–Kier alpha value is -1.45. The van der Waals surface area contributed by atoms with Crippen LogP contribution >= 0.6 is 0 Å². The summed E-state index contributed by atoms with van der Waals surface area (Å²) in [6.45, 7) is 3.22. The topological polar surface area (TPSA) is 65.9 Å². The summed E-state index contributed by atoms with van der Waals surface area (Å²) in [6.07, 6.45) is 1.33. The summed E-state index contributed by atoms with van der Waals surface area (Å²) in [5.41, 5.74) is 0.975. The van der Waals surface area contributed by atoms with Crippen LogP contribution in [0.25, 0.3) is 0 Å². The lowest BCUT2D eigenvalue weighted by atomic mass is 10.2. The lowest BCUT2D eigenvalue weighted by Crippen LogP contribution is -2.25. The van der Waals surface area contributed by atoms with Gasteiger partial charge in [0.25, 0.3) is 0 Å². The zero-order valence-corrected chi connectivity index (χ0v) is 6.29. The van der Waals surface area contributed by atoms with Crippen LogP contribution in [0.3, 0.4) is 0 Å². The Balaban J connectivity index is 3.32. The van der Waals surface area contributed by atoms with Gasteiger partial charge in [-0.3, -0.25) is 0 Å². The molecule has 58 valence electrons. The highest BCUT2D eigenvalue weighted by atomic mass is 16.4. The molecule has 0 radical (unpaired) electrons. The SMILES string of the molecule is Cc1ncnc(C)c1C(=O)[O-]. The molecule has 0 bridgehead atoms. The van der Waals surface area contributed by atoms with Crippen molar-refractivity contribution in [1.82, 2.24) is 9.97 Å². The summed E-state index contributed by atoms with van der Waals surface area (Å²) in [7, 11) is 0. The van der Waals surface area contributed by atoms with E-state index in [1.165, 1.54) is 6.33 Å². The van der Waals surface area contributed by atoms with E-state index in [2.05, 4.69) is 9.97 Å². The molecule has 0 aliphatic heterocycles. The molecule has 0 amide bonds. The molecule has 0 aliphatic carbocycles. The molecule has 0 fully saturated rings. The van der Waals surface area contributed by atoms with Crippen LogP contribution in [-0.4, -0.2) is 15.9 Å². The molecule has 1 aromatic heterocycles. The first-order valence-electron chi connectivity index (χ1n) is 3.12. The first-order valence-corrected chi connectivity index (χ1v) is 3.12. The lowest BCUT2D eigenvalue weighted by molar-refractivity contribution is -0.255. The van der Waals surface area contributed by atoms with Gasteiger partial charge >= 0.3 is 0 Å². The molecule has 0 saturated heterocycles. The van der Waals surface area contributed by atoms with E-state index in [4.69, 9.17) is 0 Å². The van der Waals surface area contributed by atoms with Gasteiger partial charge in [-0.1, -0.05) is 0 Å². The fourth-order valence-electron chi connectivity index (χ4n) is 0.888. The van der Waals surface area contributed by atoms with Crippen LogP contribution in [0, 0.1) is 13.8 Å². The van der Waals surface area contributed by atoms with E-state index in [-0.39, 0.29) is 5.56 Å². The fourth-order valence-corrected chi connectivity index (χ4v) is 0.888. The van der Waals surface area contributed by atoms with Crippen LogP contribution in [0.5, 0.6) is 0 Å². The van der Waals surface area contributed by atoms with Crippen LogP contribution in [0.2, 0.25) is 0 Å². The van der Waals surface area contributed by atoms with Gasteiger partial charge in [0.1, 0.15) is 6.33 Å². The van der Waals surface area contributed by atoms with Crippen molar-refractivity contribution in [3.05, 3.63) is 23.3 Å². The van der Waals surface area contributed by atoms with E-state index in [0.717, 1.165) is 0 Å². The quantitative estimate of drug-likeness (QED) is 0.540. The van der Waals surface area contributed by atoms with Crippen LogP contribution in [0.4, 0.5) is 0 Å². The smallest absolute Gasteiger partial charge is 0.115 e. The fraction of sp³-hybridized carbons (Fsp3) is 0.286. The molecule has 1 heterocycles. The standard InChI is InChI=1S/C7H8N2O2/c1-4-6(7(10)11)5(2)9-3-8-4/h3H,1-2H3,(H,10,11)/p-1. The molecule has 0 unspecified atom stereocenters. The number of hydrogen-bond donors (Lipinski definition) is 0. The number of carboxylic acid groups (broad SMARTS) is 1. The summed E-state index contributed by atoms with van der Waals surface area (Å²) >= 11 is 0. The Kier molecular flexibility index (Phi) is 1.85. The Labute approximate surface area is 63.9 Å². The highest BCUT2D eigenvalue weighted by Crippen LogP contribution is 2.05. The number of rotatable bonds is 1. The van der Waals surface area contributed by atoms with Crippen molar-refractivity contribution in [3.8, 4) is 0 Å². The Morgan fingerprint density at radius 2 is 1.82 bits per heavy atom. The number of nitrogens with zero attached hydrogens (tertiary/aromatic N) is 2. The number of carbonyl (C=O) groups is 1. The number of aryl methyl sites for hydroxylation is 2. The summed E-state index contributed by atoms with van der Waals surface area (Å²) in [4.78, 5) is 17.9. The van der Waals surface area contributed by atoms with Gasteiger partial charge in [0.05, 0.1) is 5.97 Å². The number of aromatic carboxylic acids is 1. The van der Waals surface area contributed by atoms with E-state index in [9.17, 15) is 9.90 Å². The third-order valence-electron chi connectivity index (χ3n) is 1.43. The minimum atomic E-state index is -1.22. The maximum Gasteiger partial charge on any atom is 0.115 e. The van der Waals surface area contributed by atoms with Gasteiger partial charge in [0.2, 0.25) is 0 Å². The summed E-state index contributed by atoms with van der Waals surface area (Å²) in [5, 5.41) is 10.5. The van der Waals surface area contributed by atoms with Crippen molar-refractivity contribution >= 4 is 5.97 Å². The molecule has 0 atom stereocenters. The maximum atomic E-state index is 10.5. The van der Waals surface area contributed by atoms with E-state index < -0.39 is 5.97 Å². The lowest BCUT2D eigenvalue weighted by Gasteiger charge is -2.06. The first kappa shape index (κ1) is 7.65. The Morgan fingerprint density at radius 1 is 1.36 bits per heavy atom. The van der Waals surface area contributed by atoms with Crippen LogP contribution in [0.15, 0.2) is 6.33 Å². The Bertz CT molecular complexity index is 276. The summed E-state index contributed by atoms with van der Waals surface area (Å²) < 4.78 is 0. The van der Waals surface area contributed by atoms with Crippen molar-refractivity contribution in [1.29, 1.82) is 0 Å². The number of hydrogen-bond acceptors (Lipinski definition) is 4.